The van der Waals surface area contributed by atoms with Crippen LogP contribution in [0.1, 0.15) is 10.5 Å². The van der Waals surface area contributed by atoms with Crippen molar-refractivity contribution in [2.75, 3.05) is 6.61 Å². The number of carbonyl (C=O) groups excluding carboxylic acids is 1. The second-order valence-corrected chi connectivity index (χ2v) is 5.55. The number of rotatable bonds is 6. The molecule has 26 heavy (non-hydrogen) atoms. The van der Waals surface area contributed by atoms with Crippen LogP contribution in [0, 0.1) is 5.82 Å². The molecular formula is C20H16FNO4. The van der Waals surface area contributed by atoms with Crippen molar-refractivity contribution in [3.05, 3.63) is 78.2 Å². The van der Waals surface area contributed by atoms with Gasteiger partial charge in [-0.2, -0.15) is 0 Å². The summed E-state index contributed by atoms with van der Waals surface area (Å²) in [6, 6.07) is 17.6. The maximum atomic E-state index is 12.9. The largest absolute Gasteiger partial charge is 0.457 e. The fourth-order valence-corrected chi connectivity index (χ4v) is 2.32. The summed E-state index contributed by atoms with van der Waals surface area (Å²) in [5, 5.41) is 18.3. The van der Waals surface area contributed by atoms with Gasteiger partial charge in [0.15, 0.2) is 0 Å². The highest BCUT2D eigenvalue weighted by Gasteiger charge is 2.17. The molecule has 0 bridgehead atoms. The van der Waals surface area contributed by atoms with E-state index in [1.54, 1.807) is 36.4 Å². The highest BCUT2D eigenvalue weighted by molar-refractivity contribution is 5.98. The van der Waals surface area contributed by atoms with Gasteiger partial charge in [-0.3, -0.25) is 4.79 Å². The average Bonchev–Trinajstić information content (AvgIpc) is 2.69. The summed E-state index contributed by atoms with van der Waals surface area (Å²) in [6.45, 7) is -0.653. The number of ketones is 1. The molecule has 0 aliphatic rings. The molecule has 0 amide bonds. The van der Waals surface area contributed by atoms with Gasteiger partial charge in [-0.05, 0) is 60.7 Å². The van der Waals surface area contributed by atoms with Gasteiger partial charge in [-0.25, -0.2) is 9.37 Å². The summed E-state index contributed by atoms with van der Waals surface area (Å²) < 4.78 is 18.5. The maximum Gasteiger partial charge on any atom is 0.211 e. The predicted molar refractivity (Wildman–Crippen MR) is 93.6 cm³/mol. The summed E-state index contributed by atoms with van der Waals surface area (Å²) in [5.41, 5.74) is 1.38. The molecule has 1 heterocycles. The molecule has 0 saturated heterocycles. The van der Waals surface area contributed by atoms with Gasteiger partial charge in [0.2, 0.25) is 5.78 Å². The zero-order valence-corrected chi connectivity index (χ0v) is 13.7. The summed E-state index contributed by atoms with van der Waals surface area (Å²) in [6.07, 6.45) is -1.48. The Morgan fingerprint density at radius 3 is 2.23 bits per heavy atom. The molecule has 1 atom stereocenters. The Bertz CT molecular complexity index is 894. The first-order chi connectivity index (χ1) is 12.6. The van der Waals surface area contributed by atoms with Crippen molar-refractivity contribution in [1.82, 2.24) is 4.98 Å². The van der Waals surface area contributed by atoms with Crippen molar-refractivity contribution in [3.8, 4) is 22.8 Å². The van der Waals surface area contributed by atoms with Crippen molar-refractivity contribution >= 4 is 5.78 Å². The van der Waals surface area contributed by atoms with Gasteiger partial charge in [0.25, 0.3) is 0 Å². The normalized spacial score (nSPS) is 11.8. The first-order valence-electron chi connectivity index (χ1n) is 7.91. The number of Topliss-reactive ketones (excluding diaryl/α,β-unsaturated/α-hetero) is 1. The van der Waals surface area contributed by atoms with Crippen molar-refractivity contribution in [1.29, 1.82) is 0 Å². The lowest BCUT2D eigenvalue weighted by Crippen LogP contribution is -2.25. The number of aliphatic hydroxyl groups is 2. The van der Waals surface area contributed by atoms with Gasteiger partial charge in [0.1, 0.15) is 29.1 Å². The Morgan fingerprint density at radius 1 is 1.00 bits per heavy atom. The molecule has 0 aliphatic heterocycles. The number of benzene rings is 2. The molecule has 1 aromatic heterocycles. The molecular weight excluding hydrogens is 337 g/mol. The second kappa shape index (κ2) is 7.86. The van der Waals surface area contributed by atoms with Crippen LogP contribution >= 0.6 is 0 Å². The third-order valence-electron chi connectivity index (χ3n) is 3.68. The number of ether oxygens (including phenoxy) is 1. The smallest absolute Gasteiger partial charge is 0.211 e. The van der Waals surface area contributed by atoms with Crippen molar-refractivity contribution in [2.24, 2.45) is 0 Å². The molecule has 0 fully saturated rings. The third-order valence-corrected chi connectivity index (χ3v) is 3.68. The Labute approximate surface area is 149 Å². The zero-order chi connectivity index (χ0) is 18.5. The zero-order valence-electron chi connectivity index (χ0n) is 13.7. The number of nitrogens with zero attached hydrogens (tertiary/aromatic N) is 1. The number of aliphatic hydroxyl groups excluding tert-OH is 2. The van der Waals surface area contributed by atoms with Crippen molar-refractivity contribution in [3.63, 3.8) is 0 Å². The van der Waals surface area contributed by atoms with E-state index in [2.05, 4.69) is 4.98 Å². The van der Waals surface area contributed by atoms with E-state index in [-0.39, 0.29) is 11.5 Å². The Kier molecular flexibility index (Phi) is 5.36. The molecule has 0 unspecified atom stereocenters. The molecule has 5 nitrogen and oxygen atoms in total. The standard InChI is InChI=1S/C20H16FNO4/c21-14-6-10-16(11-7-14)26-15-8-4-13(5-9-15)17-2-1-3-18(22-17)20(25)19(24)12-23/h1-11,19,23-24H,12H2/t19-/m0/s1. The summed E-state index contributed by atoms with van der Waals surface area (Å²) in [5.74, 6) is 0.122. The van der Waals surface area contributed by atoms with E-state index in [1.807, 2.05) is 0 Å². The molecule has 0 radical (unpaired) electrons. The molecule has 132 valence electrons. The van der Waals surface area contributed by atoms with Crippen LogP contribution in [-0.2, 0) is 0 Å². The van der Waals surface area contributed by atoms with Crippen LogP contribution in [0.3, 0.4) is 0 Å². The highest BCUT2D eigenvalue weighted by atomic mass is 19.1. The summed E-state index contributed by atoms with van der Waals surface area (Å²) >= 11 is 0. The lowest BCUT2D eigenvalue weighted by atomic mass is 10.1. The quantitative estimate of drug-likeness (QED) is 0.665. The van der Waals surface area contributed by atoms with Gasteiger partial charge in [0, 0.05) is 5.56 Å². The van der Waals surface area contributed by atoms with Gasteiger partial charge in [0.05, 0.1) is 12.3 Å². The Balaban J connectivity index is 1.78. The molecule has 3 rings (SSSR count). The van der Waals surface area contributed by atoms with Gasteiger partial charge < -0.3 is 14.9 Å². The van der Waals surface area contributed by atoms with E-state index < -0.39 is 18.5 Å². The molecule has 2 N–H and O–H groups in total. The van der Waals surface area contributed by atoms with Crippen LogP contribution in [0.25, 0.3) is 11.3 Å². The van der Waals surface area contributed by atoms with Gasteiger partial charge in [-0.15, -0.1) is 0 Å². The van der Waals surface area contributed by atoms with Crippen LogP contribution in [0.2, 0.25) is 0 Å². The van der Waals surface area contributed by atoms with E-state index in [4.69, 9.17) is 9.84 Å². The number of pyridine rings is 1. The molecule has 3 aromatic rings. The van der Waals surface area contributed by atoms with Gasteiger partial charge in [-0.1, -0.05) is 6.07 Å². The van der Waals surface area contributed by atoms with Crippen LogP contribution in [0.4, 0.5) is 4.39 Å². The lowest BCUT2D eigenvalue weighted by molar-refractivity contribution is 0.0582. The minimum atomic E-state index is -1.48. The van der Waals surface area contributed by atoms with Crippen molar-refractivity contribution < 1.29 is 24.1 Å². The summed E-state index contributed by atoms with van der Waals surface area (Å²) in [7, 11) is 0. The number of aromatic nitrogens is 1. The Morgan fingerprint density at radius 2 is 1.62 bits per heavy atom. The molecule has 0 spiro atoms. The number of carbonyl (C=O) groups is 1. The number of halogens is 1. The molecule has 2 aromatic carbocycles. The van der Waals surface area contributed by atoms with Crippen LogP contribution in [-0.4, -0.2) is 33.7 Å². The average molecular weight is 353 g/mol. The lowest BCUT2D eigenvalue weighted by Gasteiger charge is -2.09. The number of hydrogen-bond donors (Lipinski definition) is 2. The Hall–Kier alpha value is -3.09. The minimum absolute atomic E-state index is 0.0793. The van der Waals surface area contributed by atoms with Crippen LogP contribution in [0.15, 0.2) is 66.7 Å². The van der Waals surface area contributed by atoms with E-state index in [9.17, 15) is 14.3 Å². The predicted octanol–water partition coefficient (Wildman–Crippen LogP) is 3.22. The monoisotopic (exact) mass is 353 g/mol. The van der Waals surface area contributed by atoms with Crippen molar-refractivity contribution in [2.45, 2.75) is 6.10 Å². The fraction of sp³-hybridized carbons (Fsp3) is 0.100. The molecule has 6 heteroatoms. The van der Waals surface area contributed by atoms with Crippen LogP contribution in [0.5, 0.6) is 11.5 Å². The van der Waals surface area contributed by atoms with Crippen LogP contribution < -0.4 is 4.74 Å². The minimum Gasteiger partial charge on any atom is -0.457 e. The summed E-state index contributed by atoms with van der Waals surface area (Å²) in [4.78, 5) is 16.2. The van der Waals surface area contributed by atoms with E-state index >= 15 is 0 Å². The van der Waals surface area contributed by atoms with Gasteiger partial charge >= 0.3 is 0 Å². The van der Waals surface area contributed by atoms with E-state index in [0.717, 1.165) is 5.56 Å². The fourth-order valence-electron chi connectivity index (χ4n) is 2.32. The second-order valence-electron chi connectivity index (χ2n) is 5.55. The highest BCUT2D eigenvalue weighted by Crippen LogP contribution is 2.25. The number of hydrogen-bond acceptors (Lipinski definition) is 5. The topological polar surface area (TPSA) is 79.7 Å². The third kappa shape index (κ3) is 4.11. The molecule has 0 saturated carbocycles. The first kappa shape index (κ1) is 17.7. The van der Waals surface area contributed by atoms with E-state index in [0.29, 0.717) is 17.2 Å². The van der Waals surface area contributed by atoms with E-state index in [1.165, 1.54) is 30.3 Å². The first-order valence-corrected chi connectivity index (χ1v) is 7.91. The molecule has 0 aliphatic carbocycles. The maximum absolute atomic E-state index is 12.9. The SMILES string of the molecule is O=C(c1cccc(-c2ccc(Oc3ccc(F)cc3)cc2)n1)[C@@H](O)CO.